The number of nitrogens with zero attached hydrogens (tertiary/aromatic N) is 2. The second kappa shape index (κ2) is 8.73. The molecule has 0 heterocycles. The summed E-state index contributed by atoms with van der Waals surface area (Å²) in [5.74, 6) is 0.492. The maximum Gasteiger partial charge on any atom is 0.228 e. The number of anilines is 1. The summed E-state index contributed by atoms with van der Waals surface area (Å²) >= 11 is 6.20. The van der Waals surface area contributed by atoms with Crippen LogP contribution in [0.2, 0.25) is 5.02 Å². The fourth-order valence-electron chi connectivity index (χ4n) is 2.56. The summed E-state index contributed by atoms with van der Waals surface area (Å²) < 4.78 is 5.77. The van der Waals surface area contributed by atoms with E-state index in [-0.39, 0.29) is 12.3 Å². The van der Waals surface area contributed by atoms with Gasteiger partial charge in [-0.1, -0.05) is 35.9 Å². The van der Waals surface area contributed by atoms with Crippen LogP contribution in [-0.4, -0.2) is 5.91 Å². The molecule has 5 nitrogen and oxygen atoms in total. The van der Waals surface area contributed by atoms with Gasteiger partial charge in [0.1, 0.15) is 11.5 Å². The van der Waals surface area contributed by atoms with Crippen molar-refractivity contribution in [1.82, 2.24) is 0 Å². The highest BCUT2D eigenvalue weighted by atomic mass is 35.5. The Morgan fingerprint density at radius 1 is 0.964 bits per heavy atom. The third-order valence-corrected chi connectivity index (χ3v) is 4.12. The van der Waals surface area contributed by atoms with E-state index >= 15 is 0 Å². The van der Waals surface area contributed by atoms with E-state index in [4.69, 9.17) is 26.9 Å². The second-order valence-corrected chi connectivity index (χ2v) is 6.33. The van der Waals surface area contributed by atoms with Crippen molar-refractivity contribution in [1.29, 1.82) is 10.5 Å². The number of benzene rings is 3. The minimum absolute atomic E-state index is 0.143. The first-order chi connectivity index (χ1) is 13.6. The number of halogens is 1. The van der Waals surface area contributed by atoms with Gasteiger partial charge in [-0.25, -0.2) is 0 Å². The number of carbonyl (C=O) groups is 1. The summed E-state index contributed by atoms with van der Waals surface area (Å²) in [5.41, 5.74) is 2.05. The van der Waals surface area contributed by atoms with Gasteiger partial charge in [0.15, 0.2) is 0 Å². The molecule has 28 heavy (non-hydrogen) atoms. The predicted octanol–water partition coefficient (Wildman–Crippen LogP) is 5.06. The Morgan fingerprint density at radius 3 is 2.29 bits per heavy atom. The van der Waals surface area contributed by atoms with Crippen LogP contribution in [-0.2, 0) is 11.2 Å². The highest BCUT2D eigenvalue weighted by Gasteiger charge is 2.10. The summed E-state index contributed by atoms with van der Waals surface area (Å²) in [4.78, 5) is 12.2. The monoisotopic (exact) mass is 387 g/mol. The van der Waals surface area contributed by atoms with Gasteiger partial charge in [-0.3, -0.25) is 4.79 Å². The van der Waals surface area contributed by atoms with Crippen LogP contribution in [0.3, 0.4) is 0 Å². The van der Waals surface area contributed by atoms with Gasteiger partial charge in [0.05, 0.1) is 34.7 Å². The highest BCUT2D eigenvalue weighted by Crippen LogP contribution is 2.31. The standard InChI is InChI=1S/C22H14ClN3O2/c23-20-7-6-15(12-22(27)26-18-4-2-1-3-5-18)11-21(20)28-19-9-16(13-24)8-17(10-19)14-25/h1-11H,12H2,(H,26,27). The Hall–Kier alpha value is -3.80. The van der Waals surface area contributed by atoms with E-state index in [1.54, 1.807) is 18.2 Å². The molecule has 0 saturated carbocycles. The van der Waals surface area contributed by atoms with E-state index in [2.05, 4.69) is 5.32 Å². The van der Waals surface area contributed by atoms with Crippen LogP contribution in [0.25, 0.3) is 0 Å². The lowest BCUT2D eigenvalue weighted by Gasteiger charge is -2.11. The number of rotatable bonds is 5. The molecule has 1 amide bonds. The van der Waals surface area contributed by atoms with Crippen LogP contribution in [0.15, 0.2) is 66.7 Å². The Kier molecular flexibility index (Phi) is 5.91. The summed E-state index contributed by atoms with van der Waals surface area (Å²) in [6.45, 7) is 0. The van der Waals surface area contributed by atoms with Crippen molar-refractivity contribution in [3.8, 4) is 23.6 Å². The quantitative estimate of drug-likeness (QED) is 0.663. The molecule has 3 aromatic rings. The lowest BCUT2D eigenvalue weighted by Crippen LogP contribution is -2.14. The SMILES string of the molecule is N#Cc1cc(C#N)cc(Oc2cc(CC(=O)Nc3ccccc3)ccc2Cl)c1. The molecule has 6 heteroatoms. The van der Waals surface area contributed by atoms with E-state index < -0.39 is 0 Å². The third-order valence-electron chi connectivity index (χ3n) is 3.81. The summed E-state index contributed by atoms with van der Waals surface area (Å²) in [6, 6.07) is 22.7. The Balaban J connectivity index is 1.78. The zero-order valence-corrected chi connectivity index (χ0v) is 15.4. The maximum absolute atomic E-state index is 12.2. The van der Waals surface area contributed by atoms with E-state index in [9.17, 15) is 4.79 Å². The van der Waals surface area contributed by atoms with Crippen LogP contribution < -0.4 is 10.1 Å². The first kappa shape index (κ1) is 19.0. The van der Waals surface area contributed by atoms with Crippen LogP contribution in [0.1, 0.15) is 16.7 Å². The maximum atomic E-state index is 12.2. The number of para-hydroxylation sites is 1. The average molecular weight is 388 g/mol. The van der Waals surface area contributed by atoms with Crippen molar-refractivity contribution in [3.05, 3.63) is 88.4 Å². The molecule has 0 atom stereocenters. The lowest BCUT2D eigenvalue weighted by molar-refractivity contribution is -0.115. The van der Waals surface area contributed by atoms with E-state index in [1.807, 2.05) is 42.5 Å². The number of nitrogens with one attached hydrogen (secondary N) is 1. The molecule has 136 valence electrons. The van der Waals surface area contributed by atoms with Crippen LogP contribution in [0.4, 0.5) is 5.69 Å². The molecule has 0 aliphatic rings. The van der Waals surface area contributed by atoms with Crippen molar-refractivity contribution in [2.24, 2.45) is 0 Å². The van der Waals surface area contributed by atoms with Crippen LogP contribution >= 0.6 is 11.6 Å². The minimum Gasteiger partial charge on any atom is -0.456 e. The van der Waals surface area contributed by atoms with Gasteiger partial charge in [-0.2, -0.15) is 10.5 Å². The number of hydrogen-bond acceptors (Lipinski definition) is 4. The van der Waals surface area contributed by atoms with Crippen LogP contribution in [0, 0.1) is 22.7 Å². The first-order valence-corrected chi connectivity index (χ1v) is 8.71. The molecule has 3 aromatic carbocycles. The molecule has 0 aliphatic carbocycles. The lowest BCUT2D eigenvalue weighted by atomic mass is 10.1. The fraction of sp³-hybridized carbons (Fsp3) is 0.0455. The third kappa shape index (κ3) is 4.88. The topological polar surface area (TPSA) is 85.9 Å². The fourth-order valence-corrected chi connectivity index (χ4v) is 2.72. The van der Waals surface area contributed by atoms with E-state index in [0.29, 0.717) is 33.2 Å². The molecule has 1 N–H and O–H groups in total. The van der Waals surface area contributed by atoms with Crippen LogP contribution in [0.5, 0.6) is 11.5 Å². The molecule has 0 bridgehead atoms. The van der Waals surface area contributed by atoms with Gasteiger partial charge in [-0.05, 0) is 48.0 Å². The largest absolute Gasteiger partial charge is 0.456 e. The second-order valence-electron chi connectivity index (χ2n) is 5.93. The minimum atomic E-state index is -0.169. The molecule has 0 aliphatic heterocycles. The normalized spacial score (nSPS) is 9.82. The Bertz CT molecular complexity index is 1070. The smallest absolute Gasteiger partial charge is 0.228 e. The average Bonchev–Trinajstić information content (AvgIpc) is 2.71. The summed E-state index contributed by atoms with van der Waals surface area (Å²) in [5, 5.41) is 21.3. The zero-order valence-electron chi connectivity index (χ0n) is 14.6. The molecule has 0 spiro atoms. The summed E-state index contributed by atoms with van der Waals surface area (Å²) in [7, 11) is 0. The van der Waals surface area contributed by atoms with Crippen molar-refractivity contribution in [2.75, 3.05) is 5.32 Å². The van der Waals surface area contributed by atoms with Gasteiger partial charge in [0.2, 0.25) is 5.91 Å². The molecule has 0 fully saturated rings. The van der Waals surface area contributed by atoms with E-state index in [1.165, 1.54) is 18.2 Å². The van der Waals surface area contributed by atoms with Gasteiger partial charge in [0.25, 0.3) is 0 Å². The number of nitriles is 2. The molecular formula is C22H14ClN3O2. The number of ether oxygens (including phenoxy) is 1. The molecule has 0 aromatic heterocycles. The van der Waals surface area contributed by atoms with Crippen molar-refractivity contribution < 1.29 is 9.53 Å². The van der Waals surface area contributed by atoms with Gasteiger partial charge < -0.3 is 10.1 Å². The molecule has 3 rings (SSSR count). The molecule has 0 saturated heterocycles. The van der Waals surface area contributed by atoms with Crippen molar-refractivity contribution in [3.63, 3.8) is 0 Å². The van der Waals surface area contributed by atoms with Gasteiger partial charge >= 0.3 is 0 Å². The number of carbonyl (C=O) groups excluding carboxylic acids is 1. The molecule has 0 radical (unpaired) electrons. The highest BCUT2D eigenvalue weighted by molar-refractivity contribution is 6.32. The number of amides is 1. The zero-order chi connectivity index (χ0) is 19.9. The van der Waals surface area contributed by atoms with Gasteiger partial charge in [-0.15, -0.1) is 0 Å². The van der Waals surface area contributed by atoms with Gasteiger partial charge in [0, 0.05) is 5.69 Å². The first-order valence-electron chi connectivity index (χ1n) is 8.34. The molecule has 0 unspecified atom stereocenters. The summed E-state index contributed by atoms with van der Waals surface area (Å²) in [6.07, 6.45) is 0.143. The van der Waals surface area contributed by atoms with Crippen molar-refractivity contribution in [2.45, 2.75) is 6.42 Å². The van der Waals surface area contributed by atoms with E-state index in [0.717, 1.165) is 5.69 Å². The molecular weight excluding hydrogens is 374 g/mol. The Labute approximate surface area is 167 Å². The van der Waals surface area contributed by atoms with Crippen molar-refractivity contribution >= 4 is 23.2 Å². The Morgan fingerprint density at radius 2 is 1.64 bits per heavy atom. The predicted molar refractivity (Wildman–Crippen MR) is 106 cm³/mol. The number of hydrogen-bond donors (Lipinski definition) is 1.